The average molecular weight is 397 g/mol. The van der Waals surface area contributed by atoms with Gasteiger partial charge in [0.05, 0.1) is 11.9 Å². The smallest absolute Gasteiger partial charge is 0.272 e. The van der Waals surface area contributed by atoms with Crippen molar-refractivity contribution < 1.29 is 4.79 Å². The first-order valence-corrected chi connectivity index (χ1v) is 10.1. The number of fused-ring (bicyclic) bond motifs is 1. The molecule has 5 rings (SSSR count). The van der Waals surface area contributed by atoms with Crippen molar-refractivity contribution >= 4 is 5.91 Å². The number of carbonyl (C=O) groups is 1. The molecule has 3 heterocycles. The molecule has 6 heteroatoms. The maximum absolute atomic E-state index is 13.5. The van der Waals surface area contributed by atoms with Crippen LogP contribution in [-0.2, 0) is 20.6 Å². The van der Waals surface area contributed by atoms with Gasteiger partial charge in [-0.25, -0.2) is 0 Å². The molecule has 4 aromatic rings. The molecule has 0 aliphatic carbocycles. The summed E-state index contributed by atoms with van der Waals surface area (Å²) in [5.41, 5.74) is 5.98. The molecule has 6 nitrogen and oxygen atoms in total. The summed E-state index contributed by atoms with van der Waals surface area (Å²) in [7, 11) is 3.75. The number of hydrogen-bond acceptors (Lipinski definition) is 3. The second kappa shape index (κ2) is 7.30. The van der Waals surface area contributed by atoms with Crippen LogP contribution in [0.25, 0.3) is 11.3 Å². The highest BCUT2D eigenvalue weighted by Gasteiger charge is 2.31. The van der Waals surface area contributed by atoms with Crippen LogP contribution >= 0.6 is 0 Å². The van der Waals surface area contributed by atoms with Gasteiger partial charge in [-0.1, -0.05) is 54.6 Å². The maximum Gasteiger partial charge on any atom is 0.272 e. The number of amides is 1. The summed E-state index contributed by atoms with van der Waals surface area (Å²) in [6, 6.07) is 20.2. The van der Waals surface area contributed by atoms with Crippen molar-refractivity contribution in [2.75, 3.05) is 6.54 Å². The highest BCUT2D eigenvalue weighted by atomic mass is 16.2. The Bertz CT molecular complexity index is 1210. The number of nitrogens with zero attached hydrogens (tertiary/aromatic N) is 5. The largest absolute Gasteiger partial charge is 0.332 e. The number of hydrogen-bond donors (Lipinski definition) is 0. The van der Waals surface area contributed by atoms with Crippen LogP contribution in [0, 0.1) is 0 Å². The molecule has 2 aromatic carbocycles. The van der Waals surface area contributed by atoms with Crippen molar-refractivity contribution in [3.05, 3.63) is 95.4 Å². The van der Waals surface area contributed by atoms with Gasteiger partial charge in [-0.3, -0.25) is 14.2 Å². The summed E-state index contributed by atoms with van der Waals surface area (Å²) in [5, 5.41) is 8.92. The quantitative estimate of drug-likeness (QED) is 0.531. The molecule has 0 saturated carbocycles. The van der Waals surface area contributed by atoms with Crippen LogP contribution in [-0.4, -0.2) is 36.9 Å². The van der Waals surface area contributed by atoms with Gasteiger partial charge in [0.2, 0.25) is 0 Å². The Balaban J connectivity index is 1.49. The maximum atomic E-state index is 13.5. The van der Waals surface area contributed by atoms with Crippen molar-refractivity contribution in [1.29, 1.82) is 0 Å². The lowest BCUT2D eigenvalue weighted by Crippen LogP contribution is -2.39. The van der Waals surface area contributed by atoms with E-state index in [-0.39, 0.29) is 11.8 Å². The van der Waals surface area contributed by atoms with Gasteiger partial charge in [0.1, 0.15) is 5.69 Å². The zero-order valence-corrected chi connectivity index (χ0v) is 17.1. The summed E-state index contributed by atoms with van der Waals surface area (Å²) in [5.74, 6) is 0.102. The highest BCUT2D eigenvalue weighted by molar-refractivity contribution is 5.94. The second-order valence-electron chi connectivity index (χ2n) is 7.79. The fourth-order valence-corrected chi connectivity index (χ4v) is 4.25. The molecular weight excluding hydrogens is 374 g/mol. The minimum Gasteiger partial charge on any atom is -0.332 e. The van der Waals surface area contributed by atoms with E-state index in [0.29, 0.717) is 18.8 Å². The predicted molar refractivity (Wildman–Crippen MR) is 115 cm³/mol. The van der Waals surface area contributed by atoms with E-state index in [4.69, 9.17) is 0 Å². The average Bonchev–Trinajstić information content (AvgIpc) is 3.38. The predicted octanol–water partition coefficient (Wildman–Crippen LogP) is 3.61. The second-order valence-corrected chi connectivity index (χ2v) is 7.79. The van der Waals surface area contributed by atoms with E-state index in [9.17, 15) is 4.79 Å². The fraction of sp³-hybridized carbons (Fsp3) is 0.208. The number of rotatable bonds is 3. The standard InChI is InChI=1S/C24H23N5O/c1-27-14-19(13-25-27)21-16-29(15-18-10-6-7-11-20(18)21)24(30)23-12-22(26-28(23)2)17-8-4-3-5-9-17/h3-14,21H,15-16H2,1-2H3. The third-order valence-corrected chi connectivity index (χ3v) is 5.78. The van der Waals surface area contributed by atoms with Crippen LogP contribution in [0.4, 0.5) is 0 Å². The van der Waals surface area contributed by atoms with Crippen LogP contribution in [0.2, 0.25) is 0 Å². The van der Waals surface area contributed by atoms with E-state index in [2.05, 4.69) is 28.4 Å². The molecule has 150 valence electrons. The zero-order valence-electron chi connectivity index (χ0n) is 17.1. The van der Waals surface area contributed by atoms with E-state index in [1.807, 2.05) is 78.5 Å². The number of aromatic nitrogens is 4. The number of benzene rings is 2. The van der Waals surface area contributed by atoms with Crippen molar-refractivity contribution in [3.8, 4) is 11.3 Å². The number of carbonyl (C=O) groups excluding carboxylic acids is 1. The van der Waals surface area contributed by atoms with Gasteiger partial charge in [-0.05, 0) is 22.8 Å². The van der Waals surface area contributed by atoms with Gasteiger partial charge in [0.25, 0.3) is 5.91 Å². The molecule has 0 radical (unpaired) electrons. The Morgan fingerprint density at radius 2 is 1.80 bits per heavy atom. The summed E-state index contributed by atoms with van der Waals surface area (Å²) in [4.78, 5) is 15.4. The lowest BCUT2D eigenvalue weighted by atomic mass is 9.86. The molecule has 1 aliphatic heterocycles. The molecule has 0 N–H and O–H groups in total. The summed E-state index contributed by atoms with van der Waals surface area (Å²) < 4.78 is 3.50. The molecule has 2 aromatic heterocycles. The van der Waals surface area contributed by atoms with Gasteiger partial charge in [-0.2, -0.15) is 10.2 Å². The highest BCUT2D eigenvalue weighted by Crippen LogP contribution is 2.34. The van der Waals surface area contributed by atoms with Crippen LogP contribution in [0.15, 0.2) is 73.1 Å². The molecular formula is C24H23N5O. The zero-order chi connectivity index (χ0) is 20.7. The summed E-state index contributed by atoms with van der Waals surface area (Å²) >= 11 is 0. The van der Waals surface area contributed by atoms with Crippen LogP contribution < -0.4 is 0 Å². The van der Waals surface area contributed by atoms with Crippen molar-refractivity contribution in [2.45, 2.75) is 12.5 Å². The molecule has 0 bridgehead atoms. The molecule has 1 aliphatic rings. The molecule has 30 heavy (non-hydrogen) atoms. The Morgan fingerprint density at radius 1 is 1.03 bits per heavy atom. The van der Waals surface area contributed by atoms with Gasteiger partial charge in [0.15, 0.2) is 0 Å². The van der Waals surface area contributed by atoms with E-state index in [0.717, 1.165) is 16.8 Å². The lowest BCUT2D eigenvalue weighted by Gasteiger charge is -2.34. The summed E-state index contributed by atoms with van der Waals surface area (Å²) in [6.45, 7) is 1.21. The van der Waals surface area contributed by atoms with Gasteiger partial charge in [0, 0.05) is 44.9 Å². The van der Waals surface area contributed by atoms with E-state index in [1.54, 1.807) is 4.68 Å². The number of aryl methyl sites for hydroxylation is 2. The SMILES string of the molecule is Cn1cc(C2CN(C(=O)c3cc(-c4ccccc4)nn3C)Cc3ccccc32)cn1. The monoisotopic (exact) mass is 397 g/mol. The third-order valence-electron chi connectivity index (χ3n) is 5.78. The first-order chi connectivity index (χ1) is 14.6. The van der Waals surface area contributed by atoms with Gasteiger partial charge in [-0.15, -0.1) is 0 Å². The molecule has 1 atom stereocenters. The summed E-state index contributed by atoms with van der Waals surface area (Å²) in [6.07, 6.45) is 3.93. The Morgan fingerprint density at radius 3 is 2.57 bits per heavy atom. The first kappa shape index (κ1) is 18.4. The molecule has 1 unspecified atom stereocenters. The normalized spacial score (nSPS) is 15.8. The molecule has 1 amide bonds. The van der Waals surface area contributed by atoms with Crippen LogP contribution in [0.3, 0.4) is 0 Å². The topological polar surface area (TPSA) is 56.0 Å². The van der Waals surface area contributed by atoms with Gasteiger partial charge >= 0.3 is 0 Å². The van der Waals surface area contributed by atoms with E-state index in [1.165, 1.54) is 11.1 Å². The van der Waals surface area contributed by atoms with Gasteiger partial charge < -0.3 is 4.90 Å². The Hall–Kier alpha value is -3.67. The van der Waals surface area contributed by atoms with Crippen molar-refractivity contribution in [2.24, 2.45) is 14.1 Å². The van der Waals surface area contributed by atoms with Crippen LogP contribution in [0.5, 0.6) is 0 Å². The van der Waals surface area contributed by atoms with Crippen molar-refractivity contribution in [3.63, 3.8) is 0 Å². The Kier molecular flexibility index (Phi) is 4.47. The van der Waals surface area contributed by atoms with E-state index < -0.39 is 0 Å². The van der Waals surface area contributed by atoms with E-state index >= 15 is 0 Å². The molecule has 0 fully saturated rings. The molecule has 0 saturated heterocycles. The third kappa shape index (κ3) is 3.20. The fourth-order valence-electron chi connectivity index (χ4n) is 4.25. The lowest BCUT2D eigenvalue weighted by molar-refractivity contribution is 0.0714. The van der Waals surface area contributed by atoms with Crippen molar-refractivity contribution in [1.82, 2.24) is 24.5 Å². The Labute approximate surface area is 175 Å². The molecule has 0 spiro atoms. The first-order valence-electron chi connectivity index (χ1n) is 10.1. The minimum atomic E-state index is -0.00410. The minimum absolute atomic E-state index is 0.00410. The van der Waals surface area contributed by atoms with Crippen LogP contribution in [0.1, 0.15) is 33.1 Å².